The van der Waals surface area contributed by atoms with Gasteiger partial charge in [-0.15, -0.1) is 0 Å². The summed E-state index contributed by atoms with van der Waals surface area (Å²) in [6, 6.07) is 13.0. The molecule has 8 heteroatoms. The van der Waals surface area contributed by atoms with Gasteiger partial charge in [-0.05, 0) is 24.3 Å². The molecule has 0 N–H and O–H groups in total. The molecule has 27 heavy (non-hydrogen) atoms. The normalized spacial score (nSPS) is 14.3. The van der Waals surface area contributed by atoms with E-state index in [1.54, 1.807) is 11.1 Å². The average Bonchev–Trinajstić information content (AvgIpc) is 3.17. The number of benzene rings is 1. The lowest BCUT2D eigenvalue weighted by molar-refractivity contribution is 0.0563. The maximum absolute atomic E-state index is 12.6. The monoisotopic (exact) mass is 358 g/mol. The highest BCUT2D eigenvalue weighted by molar-refractivity contribution is 5.94. The fraction of sp³-hybridized carbons (Fsp3) is 0.158. The molecule has 3 aromatic heterocycles. The minimum atomic E-state index is -0.144. The van der Waals surface area contributed by atoms with Gasteiger partial charge in [0.15, 0.2) is 0 Å². The van der Waals surface area contributed by atoms with Crippen LogP contribution in [0.25, 0.3) is 22.6 Å². The van der Waals surface area contributed by atoms with E-state index in [2.05, 4.69) is 25.1 Å². The summed E-state index contributed by atoms with van der Waals surface area (Å²) >= 11 is 0. The van der Waals surface area contributed by atoms with Crippen molar-refractivity contribution in [2.45, 2.75) is 5.92 Å². The van der Waals surface area contributed by atoms with Crippen LogP contribution in [0.15, 0.2) is 59.4 Å². The van der Waals surface area contributed by atoms with E-state index in [0.29, 0.717) is 41.7 Å². The fourth-order valence-electron chi connectivity index (χ4n) is 3.02. The topological polar surface area (TPSA) is 97.9 Å². The van der Waals surface area contributed by atoms with Gasteiger partial charge in [0, 0.05) is 19.3 Å². The number of hydrogen-bond acceptors (Lipinski definition) is 7. The molecule has 0 unspecified atom stereocenters. The van der Waals surface area contributed by atoms with E-state index in [9.17, 15) is 4.79 Å². The minimum absolute atomic E-state index is 0.0207. The number of para-hydroxylation sites is 2. The number of likely N-dealkylation sites (tertiary alicyclic amines) is 1. The summed E-state index contributed by atoms with van der Waals surface area (Å²) in [5, 5.41) is 3.98. The Balaban J connectivity index is 1.29. The van der Waals surface area contributed by atoms with Crippen LogP contribution in [0.1, 0.15) is 22.3 Å². The first-order valence-electron chi connectivity index (χ1n) is 8.54. The molecule has 0 bridgehead atoms. The van der Waals surface area contributed by atoms with Crippen LogP contribution < -0.4 is 0 Å². The lowest BCUT2D eigenvalue weighted by Crippen LogP contribution is -2.48. The van der Waals surface area contributed by atoms with Crippen molar-refractivity contribution in [3.63, 3.8) is 0 Å². The van der Waals surface area contributed by atoms with Gasteiger partial charge in [-0.3, -0.25) is 14.8 Å². The van der Waals surface area contributed by atoms with Crippen molar-refractivity contribution in [2.75, 3.05) is 13.1 Å². The number of nitrogens with zero attached hydrogens (tertiary/aromatic N) is 6. The van der Waals surface area contributed by atoms with Crippen molar-refractivity contribution in [1.82, 2.24) is 30.0 Å². The van der Waals surface area contributed by atoms with E-state index in [1.807, 2.05) is 42.5 Å². The highest BCUT2D eigenvalue weighted by Crippen LogP contribution is 2.28. The van der Waals surface area contributed by atoms with E-state index >= 15 is 0 Å². The molecule has 1 fully saturated rings. The molecular weight excluding hydrogens is 344 g/mol. The molecule has 132 valence electrons. The molecule has 1 aromatic carbocycles. The summed E-state index contributed by atoms with van der Waals surface area (Å²) in [7, 11) is 0. The Morgan fingerprint density at radius 1 is 1.00 bits per heavy atom. The molecular formula is C19H14N6O2. The van der Waals surface area contributed by atoms with Crippen LogP contribution in [-0.4, -0.2) is 49.0 Å². The van der Waals surface area contributed by atoms with Crippen molar-refractivity contribution in [3.8, 4) is 11.5 Å². The first-order valence-corrected chi connectivity index (χ1v) is 8.54. The van der Waals surface area contributed by atoms with Gasteiger partial charge >= 0.3 is 0 Å². The molecule has 5 rings (SSSR count). The van der Waals surface area contributed by atoms with Crippen LogP contribution in [0, 0.1) is 0 Å². The summed E-state index contributed by atoms with van der Waals surface area (Å²) in [4.78, 5) is 31.6. The Morgan fingerprint density at radius 3 is 2.63 bits per heavy atom. The molecule has 0 atom stereocenters. The Labute approximate surface area is 153 Å². The number of carbonyl (C=O) groups is 1. The van der Waals surface area contributed by atoms with Crippen molar-refractivity contribution >= 4 is 16.9 Å². The Morgan fingerprint density at radius 2 is 1.81 bits per heavy atom. The Bertz CT molecular complexity index is 1120. The van der Waals surface area contributed by atoms with Crippen LogP contribution in [-0.2, 0) is 0 Å². The Hall–Kier alpha value is -3.68. The second-order valence-electron chi connectivity index (χ2n) is 6.32. The number of carbonyl (C=O) groups excluding carboxylic acids is 1. The molecule has 8 nitrogen and oxygen atoms in total. The Kier molecular flexibility index (Phi) is 3.60. The highest BCUT2D eigenvalue weighted by atomic mass is 16.5. The van der Waals surface area contributed by atoms with Crippen molar-refractivity contribution in [3.05, 3.63) is 66.4 Å². The molecule has 1 saturated heterocycles. The van der Waals surface area contributed by atoms with Crippen molar-refractivity contribution < 1.29 is 9.32 Å². The largest absolute Gasteiger partial charge is 0.338 e. The molecule has 0 aliphatic carbocycles. The molecule has 4 aromatic rings. The lowest BCUT2D eigenvalue weighted by atomic mass is 9.99. The highest BCUT2D eigenvalue weighted by Gasteiger charge is 2.36. The SMILES string of the molecule is O=C(c1cnc2ccccc2n1)N1CC(c2nc(-c3ccccn3)no2)C1. The number of rotatable bonds is 3. The molecule has 1 aliphatic rings. The zero-order chi connectivity index (χ0) is 18.2. The molecule has 4 heterocycles. The molecule has 0 radical (unpaired) electrons. The predicted molar refractivity (Wildman–Crippen MR) is 95.7 cm³/mol. The van der Waals surface area contributed by atoms with Gasteiger partial charge in [0.2, 0.25) is 11.7 Å². The van der Waals surface area contributed by atoms with E-state index in [4.69, 9.17) is 4.52 Å². The second kappa shape index (κ2) is 6.24. The van der Waals surface area contributed by atoms with E-state index < -0.39 is 0 Å². The van der Waals surface area contributed by atoms with Gasteiger partial charge in [-0.2, -0.15) is 4.98 Å². The quantitative estimate of drug-likeness (QED) is 0.554. The minimum Gasteiger partial charge on any atom is -0.338 e. The smallest absolute Gasteiger partial charge is 0.274 e. The lowest BCUT2D eigenvalue weighted by Gasteiger charge is -2.36. The number of aromatic nitrogens is 5. The fourth-order valence-corrected chi connectivity index (χ4v) is 3.02. The first-order chi connectivity index (χ1) is 13.3. The third kappa shape index (κ3) is 2.80. The van der Waals surface area contributed by atoms with Gasteiger partial charge in [-0.1, -0.05) is 23.4 Å². The van der Waals surface area contributed by atoms with E-state index in [-0.39, 0.29) is 11.8 Å². The zero-order valence-electron chi connectivity index (χ0n) is 14.2. The van der Waals surface area contributed by atoms with Crippen molar-refractivity contribution in [2.24, 2.45) is 0 Å². The van der Waals surface area contributed by atoms with Gasteiger partial charge in [0.1, 0.15) is 11.4 Å². The maximum Gasteiger partial charge on any atom is 0.274 e. The van der Waals surface area contributed by atoms with Gasteiger partial charge in [-0.25, -0.2) is 4.98 Å². The van der Waals surface area contributed by atoms with Crippen LogP contribution in [0.2, 0.25) is 0 Å². The van der Waals surface area contributed by atoms with E-state index in [1.165, 1.54) is 6.20 Å². The summed E-state index contributed by atoms with van der Waals surface area (Å²) in [5.41, 5.74) is 2.47. The van der Waals surface area contributed by atoms with Crippen LogP contribution in [0.4, 0.5) is 0 Å². The third-order valence-corrected chi connectivity index (χ3v) is 4.52. The standard InChI is InChI=1S/C19H14N6O2/c26-19(16-9-21-13-5-1-2-6-14(13)22-16)25-10-12(11-25)18-23-17(24-27-18)15-7-3-4-8-20-15/h1-9,12H,10-11H2. The van der Waals surface area contributed by atoms with Crippen LogP contribution in [0.3, 0.4) is 0 Å². The summed E-state index contributed by atoms with van der Waals surface area (Å²) in [5.74, 6) is 0.848. The molecule has 1 amide bonds. The zero-order valence-corrected chi connectivity index (χ0v) is 14.2. The molecule has 1 aliphatic heterocycles. The maximum atomic E-state index is 12.6. The molecule has 0 saturated carbocycles. The van der Waals surface area contributed by atoms with Crippen molar-refractivity contribution in [1.29, 1.82) is 0 Å². The number of hydrogen-bond donors (Lipinski definition) is 0. The van der Waals surface area contributed by atoms with E-state index in [0.717, 1.165) is 5.52 Å². The summed E-state index contributed by atoms with van der Waals surface area (Å²) in [6.07, 6.45) is 3.20. The summed E-state index contributed by atoms with van der Waals surface area (Å²) < 4.78 is 5.35. The molecule has 0 spiro atoms. The predicted octanol–water partition coefficient (Wildman–Crippen LogP) is 2.31. The summed E-state index contributed by atoms with van der Waals surface area (Å²) in [6.45, 7) is 1.02. The number of amides is 1. The van der Waals surface area contributed by atoms with Gasteiger partial charge < -0.3 is 9.42 Å². The second-order valence-corrected chi connectivity index (χ2v) is 6.32. The average molecular weight is 358 g/mol. The van der Waals surface area contributed by atoms with Gasteiger partial charge in [0.05, 0.1) is 23.1 Å². The van der Waals surface area contributed by atoms with Crippen LogP contribution >= 0.6 is 0 Å². The number of pyridine rings is 1. The van der Waals surface area contributed by atoms with Crippen LogP contribution in [0.5, 0.6) is 0 Å². The third-order valence-electron chi connectivity index (χ3n) is 4.52. The van der Waals surface area contributed by atoms with Gasteiger partial charge in [0.25, 0.3) is 5.91 Å². The first kappa shape index (κ1) is 15.6. The number of fused-ring (bicyclic) bond motifs is 1.